The molecule has 31 atom stereocenters. The molecule has 6 saturated heterocycles. The van der Waals surface area contributed by atoms with Crippen molar-refractivity contribution >= 4 is 0 Å². The van der Waals surface area contributed by atoms with E-state index in [1.807, 2.05) is 0 Å². The van der Waals surface area contributed by atoms with E-state index in [-0.39, 0.29) is 23.0 Å². The van der Waals surface area contributed by atoms with Crippen LogP contribution in [0.15, 0.2) is 0 Å². The molecule has 1 spiro atoms. The fourth-order valence-corrected chi connectivity index (χ4v) is 15.5. The molecule has 71 heavy (non-hydrogen) atoms. The second kappa shape index (κ2) is 20.5. The van der Waals surface area contributed by atoms with Gasteiger partial charge in [0.1, 0.15) is 85.5 Å². The molecular formula is C49H80O22. The largest absolute Gasteiger partial charge is 0.394 e. The van der Waals surface area contributed by atoms with Crippen molar-refractivity contribution in [2.75, 3.05) is 26.4 Å². The minimum absolute atomic E-state index is 0.0917. The van der Waals surface area contributed by atoms with Crippen LogP contribution in [-0.2, 0) is 47.4 Å². The van der Waals surface area contributed by atoms with Gasteiger partial charge in [-0.3, -0.25) is 0 Å². The minimum Gasteiger partial charge on any atom is -0.394 e. The van der Waals surface area contributed by atoms with Crippen LogP contribution in [0, 0.1) is 52.3 Å². The van der Waals surface area contributed by atoms with Crippen molar-refractivity contribution in [2.24, 2.45) is 52.3 Å². The number of hydrogen-bond acceptors (Lipinski definition) is 22. The summed E-state index contributed by atoms with van der Waals surface area (Å²) in [5.74, 6) is 3.08. The Bertz CT molecular complexity index is 1810. The summed E-state index contributed by atoms with van der Waals surface area (Å²) in [6, 6.07) is 0. The van der Waals surface area contributed by atoms with Crippen LogP contribution < -0.4 is 0 Å². The summed E-state index contributed by atoms with van der Waals surface area (Å²) in [7, 11) is 0. The van der Waals surface area contributed by atoms with Gasteiger partial charge in [-0.05, 0) is 104 Å². The first-order valence-corrected chi connectivity index (χ1v) is 26.3. The molecule has 0 aromatic rings. The lowest BCUT2D eigenvalue weighted by Gasteiger charge is -2.61. The predicted octanol–water partition coefficient (Wildman–Crippen LogP) is -2.31. The van der Waals surface area contributed by atoms with E-state index in [0.717, 1.165) is 51.6 Å². The first kappa shape index (κ1) is 53.5. The van der Waals surface area contributed by atoms with Crippen molar-refractivity contribution in [3.63, 3.8) is 0 Å². The lowest BCUT2D eigenvalue weighted by atomic mass is 9.44. The van der Waals surface area contributed by atoms with Crippen LogP contribution in [-0.4, -0.2) is 223 Å². The number of ether oxygens (including phenoxy) is 10. The van der Waals surface area contributed by atoms with Gasteiger partial charge in [0.05, 0.1) is 38.6 Å². The highest BCUT2D eigenvalue weighted by atomic mass is 16.8. The second-order valence-electron chi connectivity index (χ2n) is 23.5. The summed E-state index contributed by atoms with van der Waals surface area (Å²) in [5, 5.41) is 128. The first-order chi connectivity index (χ1) is 33.7. The van der Waals surface area contributed by atoms with Gasteiger partial charge in [0.25, 0.3) is 0 Å². The highest BCUT2D eigenvalue weighted by molar-refractivity contribution is 5.15. The van der Waals surface area contributed by atoms with Crippen LogP contribution in [0.2, 0.25) is 0 Å². The third kappa shape index (κ3) is 9.19. The molecule has 4 saturated carbocycles. The van der Waals surface area contributed by atoms with Gasteiger partial charge in [0.15, 0.2) is 37.2 Å². The highest BCUT2D eigenvalue weighted by Gasteiger charge is 2.69. The molecule has 12 N–H and O–H groups in total. The topological polar surface area (TPSA) is 335 Å². The lowest BCUT2D eigenvalue weighted by Crippen LogP contribution is -2.65. The second-order valence-corrected chi connectivity index (χ2v) is 23.5. The molecule has 0 bridgehead atoms. The maximum atomic E-state index is 11.4. The third-order valence-electron chi connectivity index (χ3n) is 19.7. The van der Waals surface area contributed by atoms with Crippen molar-refractivity contribution in [2.45, 2.75) is 227 Å². The Morgan fingerprint density at radius 3 is 1.82 bits per heavy atom. The molecule has 0 aromatic heterocycles. The summed E-state index contributed by atoms with van der Waals surface area (Å²) < 4.78 is 60.2. The van der Waals surface area contributed by atoms with Crippen LogP contribution in [0.5, 0.6) is 0 Å². The summed E-state index contributed by atoms with van der Waals surface area (Å²) in [6.45, 7) is 8.46. The molecule has 6 aliphatic heterocycles. The first-order valence-electron chi connectivity index (χ1n) is 26.3. The average Bonchev–Trinajstić information content (AvgIpc) is 3.80. The molecular weight excluding hydrogens is 941 g/mol. The summed E-state index contributed by atoms with van der Waals surface area (Å²) >= 11 is 0. The van der Waals surface area contributed by atoms with Crippen molar-refractivity contribution in [1.29, 1.82) is 0 Å². The number of fused-ring (bicyclic) bond motifs is 7. The monoisotopic (exact) mass is 1020 g/mol. The van der Waals surface area contributed by atoms with Crippen molar-refractivity contribution in [3.8, 4) is 0 Å². The standard InChI is InChI=1S/C49H80O22/c1-19-7-12-49(63-17-19)20(2)30-26(71-49)14-25-23-6-5-21-13-22(8-10-47(21,3)24(23)9-11-48(25,30)4)64-46-41(36(57)32(53)28(16-51)66-46)68-42-37(58)33(54)29(18-62-42)67-44-39(60)35(56)40(61)45(70-44)69-43-38(59)34(55)31(52)27(15-50)65-43/h19-46,50-61H,5-18H2,1-4H3/t19?,20?,21?,22?,23?,24?,25?,26?,27-,28-,29+,30?,31-,32-,33+,34+,35+,36+,37-,38-,39-,40+,41-,42+,43+,44-,45-,46-,47?,48?,49?/m1/s1. The molecule has 12 unspecified atom stereocenters. The Balaban J connectivity index is 0.760. The molecule has 22 nitrogen and oxygen atoms in total. The van der Waals surface area contributed by atoms with E-state index in [0.29, 0.717) is 47.8 Å². The van der Waals surface area contributed by atoms with Crippen molar-refractivity contribution < 1.29 is 109 Å². The molecule has 6 heterocycles. The van der Waals surface area contributed by atoms with Gasteiger partial charge in [-0.1, -0.05) is 27.7 Å². The molecule has 22 heteroatoms. The van der Waals surface area contributed by atoms with E-state index >= 15 is 0 Å². The van der Waals surface area contributed by atoms with E-state index in [1.54, 1.807) is 0 Å². The Kier molecular flexibility index (Phi) is 15.4. The quantitative estimate of drug-likeness (QED) is 0.102. The molecule has 10 aliphatic rings. The Morgan fingerprint density at radius 1 is 0.521 bits per heavy atom. The zero-order valence-electron chi connectivity index (χ0n) is 41.0. The molecule has 0 radical (unpaired) electrons. The van der Waals surface area contributed by atoms with Crippen molar-refractivity contribution in [3.05, 3.63) is 0 Å². The van der Waals surface area contributed by atoms with Gasteiger partial charge in [-0.25, -0.2) is 0 Å². The zero-order valence-corrected chi connectivity index (χ0v) is 41.0. The zero-order chi connectivity index (χ0) is 50.6. The van der Waals surface area contributed by atoms with Crippen LogP contribution >= 0.6 is 0 Å². The van der Waals surface area contributed by atoms with Crippen LogP contribution in [0.3, 0.4) is 0 Å². The maximum absolute atomic E-state index is 11.4. The number of aliphatic hydroxyl groups excluding tert-OH is 12. The van der Waals surface area contributed by atoms with Crippen LogP contribution in [0.1, 0.15) is 91.9 Å². The van der Waals surface area contributed by atoms with Gasteiger partial charge in [-0.2, -0.15) is 0 Å². The van der Waals surface area contributed by atoms with Crippen molar-refractivity contribution in [1.82, 2.24) is 0 Å². The Labute approximate surface area is 413 Å². The molecule has 4 aliphatic carbocycles. The van der Waals surface area contributed by atoms with E-state index in [4.69, 9.17) is 47.4 Å². The molecule has 408 valence electrons. The SMILES string of the molecule is CC1CCC2(OC1)OC1CC3C4CCC5CC(O[C@@H]6O[C@H](CO)[C@@H](O)[C@H](O)[C@H]6O[C@@H]6OC[C@H](O[C@@H]7O[C@@H](O[C@@H]8O[C@H](CO)[C@@H](O)[C@H](O)[C@H]8O)[C@@H](O)[C@@H](O)[C@H]7O)[C@H](O)[C@H]6O)CCC5(C)C4CCC3(C)C1C2C. The number of aliphatic hydroxyl groups is 12. The summed E-state index contributed by atoms with van der Waals surface area (Å²) in [6.07, 6.45) is -22.6. The van der Waals surface area contributed by atoms with Gasteiger partial charge >= 0.3 is 0 Å². The van der Waals surface area contributed by atoms with Crippen LogP contribution in [0.4, 0.5) is 0 Å². The van der Waals surface area contributed by atoms with Gasteiger partial charge in [0.2, 0.25) is 0 Å². The highest BCUT2D eigenvalue weighted by Crippen LogP contribution is 2.71. The number of rotatable bonds is 10. The van der Waals surface area contributed by atoms with E-state index in [1.165, 1.54) is 12.8 Å². The third-order valence-corrected chi connectivity index (χ3v) is 19.7. The average molecular weight is 1020 g/mol. The number of hydrogen-bond donors (Lipinski definition) is 12. The molecule has 0 amide bonds. The van der Waals surface area contributed by atoms with Gasteiger partial charge < -0.3 is 109 Å². The fourth-order valence-electron chi connectivity index (χ4n) is 15.5. The Morgan fingerprint density at radius 2 is 1.14 bits per heavy atom. The summed E-state index contributed by atoms with van der Waals surface area (Å²) in [4.78, 5) is 0. The maximum Gasteiger partial charge on any atom is 0.192 e. The van der Waals surface area contributed by atoms with E-state index < -0.39 is 143 Å². The molecule has 0 aromatic carbocycles. The van der Waals surface area contributed by atoms with E-state index in [9.17, 15) is 61.3 Å². The minimum atomic E-state index is -2.00. The normalized spacial score (nSPS) is 58.5. The fraction of sp³-hybridized carbons (Fsp3) is 1.00. The molecule has 10 rings (SSSR count). The summed E-state index contributed by atoms with van der Waals surface area (Å²) in [5.41, 5.74) is 0.294. The van der Waals surface area contributed by atoms with Crippen LogP contribution in [0.25, 0.3) is 0 Å². The molecule has 10 fully saturated rings. The predicted molar refractivity (Wildman–Crippen MR) is 237 cm³/mol. The Hall–Kier alpha value is -0.880. The van der Waals surface area contributed by atoms with Gasteiger partial charge in [-0.15, -0.1) is 0 Å². The van der Waals surface area contributed by atoms with E-state index in [2.05, 4.69) is 27.7 Å². The smallest absolute Gasteiger partial charge is 0.192 e. The van der Waals surface area contributed by atoms with Gasteiger partial charge in [0, 0.05) is 12.3 Å². The lowest BCUT2D eigenvalue weighted by molar-refractivity contribution is -0.411.